The van der Waals surface area contributed by atoms with Crippen molar-refractivity contribution >= 4 is 33.2 Å². The molecule has 1 unspecified atom stereocenters. The molecule has 2 fully saturated rings. The van der Waals surface area contributed by atoms with Crippen molar-refractivity contribution in [1.29, 1.82) is 0 Å². The van der Waals surface area contributed by atoms with Gasteiger partial charge < -0.3 is 23.8 Å². The first-order valence-electron chi connectivity index (χ1n) is 10.4. The van der Waals surface area contributed by atoms with Gasteiger partial charge in [-0.2, -0.15) is 0 Å². The number of nitrogens with zero attached hydrogens (tertiary/aromatic N) is 4. The van der Waals surface area contributed by atoms with Crippen LogP contribution in [0.3, 0.4) is 0 Å². The fourth-order valence-electron chi connectivity index (χ4n) is 4.18. The zero-order valence-electron chi connectivity index (χ0n) is 17.3. The van der Waals surface area contributed by atoms with Gasteiger partial charge in [0.1, 0.15) is 6.10 Å². The van der Waals surface area contributed by atoms with Gasteiger partial charge in [-0.15, -0.1) is 11.3 Å². The molecule has 2 saturated heterocycles. The van der Waals surface area contributed by atoms with E-state index >= 15 is 0 Å². The Morgan fingerprint density at radius 2 is 1.84 bits per heavy atom. The Kier molecular flexibility index (Phi) is 5.47. The maximum atomic E-state index is 13.4. The van der Waals surface area contributed by atoms with E-state index in [0.717, 1.165) is 15.6 Å². The number of ether oxygens (including phenoxy) is 2. The van der Waals surface area contributed by atoms with Crippen LogP contribution < -0.4 is 0 Å². The van der Waals surface area contributed by atoms with Crippen molar-refractivity contribution in [2.24, 2.45) is 7.05 Å². The minimum absolute atomic E-state index is 0.00986. The molecule has 8 nitrogen and oxygen atoms in total. The molecule has 0 radical (unpaired) electrons. The van der Waals surface area contributed by atoms with Crippen LogP contribution in [0.5, 0.6) is 0 Å². The van der Waals surface area contributed by atoms with Crippen LogP contribution in [0.4, 0.5) is 0 Å². The third kappa shape index (κ3) is 3.73. The molecule has 0 saturated carbocycles. The van der Waals surface area contributed by atoms with E-state index in [-0.39, 0.29) is 17.9 Å². The fraction of sp³-hybridized carbons (Fsp3) is 0.409. The van der Waals surface area contributed by atoms with Crippen molar-refractivity contribution in [2.75, 3.05) is 46.0 Å². The number of amides is 2. The summed E-state index contributed by atoms with van der Waals surface area (Å²) in [6.45, 7) is 3.57. The second-order valence-electron chi connectivity index (χ2n) is 7.72. The lowest BCUT2D eigenvalue weighted by Gasteiger charge is -2.34. The van der Waals surface area contributed by atoms with Crippen molar-refractivity contribution in [3.05, 3.63) is 52.9 Å². The van der Waals surface area contributed by atoms with Gasteiger partial charge in [-0.05, 0) is 11.5 Å². The number of carbonyl (C=O) groups excluding carboxylic acids is 2. The van der Waals surface area contributed by atoms with Crippen molar-refractivity contribution in [3.8, 4) is 0 Å². The first-order chi connectivity index (χ1) is 15.1. The lowest BCUT2D eigenvalue weighted by Crippen LogP contribution is -2.44. The molecular formula is C22H24N4O4S. The maximum absolute atomic E-state index is 13.4. The van der Waals surface area contributed by atoms with E-state index in [2.05, 4.69) is 4.98 Å². The van der Waals surface area contributed by atoms with E-state index in [1.165, 1.54) is 11.3 Å². The van der Waals surface area contributed by atoms with Gasteiger partial charge in [0.2, 0.25) is 0 Å². The van der Waals surface area contributed by atoms with Crippen LogP contribution in [-0.2, 0) is 16.5 Å². The van der Waals surface area contributed by atoms with E-state index in [1.807, 2.05) is 36.2 Å². The van der Waals surface area contributed by atoms with Gasteiger partial charge in [-0.3, -0.25) is 9.59 Å². The molecule has 4 heterocycles. The summed E-state index contributed by atoms with van der Waals surface area (Å²) in [6, 6.07) is 8.00. The van der Waals surface area contributed by atoms with Crippen molar-refractivity contribution < 1.29 is 19.1 Å². The molecule has 2 aliphatic rings. The number of carbonyl (C=O) groups is 2. The molecule has 3 aromatic rings. The molecule has 1 atom stereocenters. The second kappa shape index (κ2) is 8.41. The smallest absolute Gasteiger partial charge is 0.290 e. The monoisotopic (exact) mass is 440 g/mol. The normalized spacial score (nSPS) is 19.7. The van der Waals surface area contributed by atoms with Crippen LogP contribution in [0.15, 0.2) is 36.7 Å². The van der Waals surface area contributed by atoms with E-state index < -0.39 is 0 Å². The van der Waals surface area contributed by atoms with E-state index in [1.54, 1.807) is 21.9 Å². The molecule has 2 aromatic heterocycles. The number of morpholine rings is 2. The predicted octanol–water partition coefficient (Wildman–Crippen LogP) is 2.32. The molecule has 0 N–H and O–H groups in total. The Balaban J connectivity index is 1.49. The molecular weight excluding hydrogens is 416 g/mol. The van der Waals surface area contributed by atoms with Gasteiger partial charge in [0.25, 0.3) is 11.8 Å². The minimum Gasteiger partial charge on any atom is -0.378 e. The highest BCUT2D eigenvalue weighted by molar-refractivity contribution is 7.21. The van der Waals surface area contributed by atoms with Gasteiger partial charge in [-0.25, -0.2) is 4.98 Å². The third-order valence-corrected chi connectivity index (χ3v) is 6.99. The number of rotatable bonds is 3. The number of aromatic nitrogens is 2. The molecule has 0 bridgehead atoms. The predicted molar refractivity (Wildman–Crippen MR) is 116 cm³/mol. The van der Waals surface area contributed by atoms with E-state index in [9.17, 15) is 9.59 Å². The summed E-state index contributed by atoms with van der Waals surface area (Å²) in [4.78, 5) is 34.9. The summed E-state index contributed by atoms with van der Waals surface area (Å²) < 4.78 is 14.3. The zero-order chi connectivity index (χ0) is 21.4. The Hall–Kier alpha value is -2.75. The number of aryl methyl sites for hydroxylation is 1. The summed E-state index contributed by atoms with van der Waals surface area (Å²) in [7, 11) is 1.81. The van der Waals surface area contributed by atoms with Crippen molar-refractivity contribution in [1.82, 2.24) is 19.4 Å². The van der Waals surface area contributed by atoms with Gasteiger partial charge >= 0.3 is 0 Å². The highest BCUT2D eigenvalue weighted by Gasteiger charge is 2.34. The molecule has 5 rings (SSSR count). The van der Waals surface area contributed by atoms with Gasteiger partial charge in [0.15, 0.2) is 5.82 Å². The Bertz CT molecular complexity index is 1120. The van der Waals surface area contributed by atoms with Crippen LogP contribution in [0, 0.1) is 0 Å². The number of imidazole rings is 1. The molecule has 2 aliphatic heterocycles. The molecule has 0 spiro atoms. The summed E-state index contributed by atoms with van der Waals surface area (Å²) >= 11 is 1.50. The van der Waals surface area contributed by atoms with Crippen LogP contribution in [0.2, 0.25) is 0 Å². The fourth-order valence-corrected chi connectivity index (χ4v) is 5.40. The van der Waals surface area contributed by atoms with Crippen LogP contribution in [-0.4, -0.2) is 77.2 Å². The first kappa shape index (κ1) is 20.2. The summed E-state index contributed by atoms with van der Waals surface area (Å²) in [5.41, 5.74) is 0.884. The summed E-state index contributed by atoms with van der Waals surface area (Å²) in [6.07, 6.45) is 3.02. The molecule has 162 valence electrons. The third-order valence-electron chi connectivity index (χ3n) is 5.81. The number of hydrogen-bond acceptors (Lipinski definition) is 6. The van der Waals surface area contributed by atoms with Gasteiger partial charge in [0, 0.05) is 49.3 Å². The van der Waals surface area contributed by atoms with Crippen molar-refractivity contribution in [3.63, 3.8) is 0 Å². The topological polar surface area (TPSA) is 76.9 Å². The van der Waals surface area contributed by atoms with Gasteiger partial charge in [0.05, 0.1) is 31.2 Å². The maximum Gasteiger partial charge on any atom is 0.290 e. The largest absolute Gasteiger partial charge is 0.378 e. The SMILES string of the molecule is Cn1ccnc1C(=O)N1CCOC(c2c(C(=O)N3CCOCC3)sc3ccccc23)C1. The molecule has 1 aromatic carbocycles. The average Bonchev–Trinajstić information content (AvgIpc) is 3.42. The summed E-state index contributed by atoms with van der Waals surface area (Å²) in [5, 5.41) is 1.01. The standard InChI is InChI=1S/C22H24N4O4S/c1-24-7-6-23-20(24)22(28)26-10-13-30-16(14-26)18-15-4-2-3-5-17(15)31-19(18)21(27)25-8-11-29-12-9-25/h2-7,16H,8-14H2,1H3. The second-order valence-corrected chi connectivity index (χ2v) is 8.77. The minimum atomic E-state index is -0.367. The quantitative estimate of drug-likeness (QED) is 0.625. The highest BCUT2D eigenvalue weighted by Crippen LogP contribution is 2.39. The number of benzene rings is 1. The Labute approximate surface area is 184 Å². The van der Waals surface area contributed by atoms with Crippen LogP contribution in [0.25, 0.3) is 10.1 Å². The highest BCUT2D eigenvalue weighted by atomic mass is 32.1. The lowest BCUT2D eigenvalue weighted by molar-refractivity contribution is -0.0230. The zero-order valence-corrected chi connectivity index (χ0v) is 18.1. The lowest BCUT2D eigenvalue weighted by atomic mass is 10.0. The van der Waals surface area contributed by atoms with Crippen LogP contribution >= 0.6 is 11.3 Å². The first-order valence-corrected chi connectivity index (χ1v) is 11.2. The number of fused-ring (bicyclic) bond motifs is 1. The average molecular weight is 441 g/mol. The molecule has 31 heavy (non-hydrogen) atoms. The molecule has 2 amide bonds. The molecule has 0 aliphatic carbocycles. The van der Waals surface area contributed by atoms with E-state index in [4.69, 9.17) is 9.47 Å². The summed E-state index contributed by atoms with van der Waals surface area (Å²) in [5.74, 6) is 0.289. The van der Waals surface area contributed by atoms with Crippen LogP contribution in [0.1, 0.15) is 32.0 Å². The van der Waals surface area contributed by atoms with Crippen molar-refractivity contribution in [2.45, 2.75) is 6.10 Å². The molecule has 9 heteroatoms. The number of thiophene rings is 1. The van der Waals surface area contributed by atoms with E-state index in [0.29, 0.717) is 56.7 Å². The Morgan fingerprint density at radius 1 is 1.06 bits per heavy atom. The van der Waals surface area contributed by atoms with Gasteiger partial charge in [-0.1, -0.05) is 18.2 Å². The Morgan fingerprint density at radius 3 is 2.61 bits per heavy atom. The number of hydrogen-bond donors (Lipinski definition) is 0.